The van der Waals surface area contributed by atoms with Gasteiger partial charge in [0.2, 0.25) is 5.95 Å². The SMILES string of the molecule is CC(C)(C)n1ncc2c(=O)[nH]c(NCc3ccc(NC(=O)c4cccnc4)cc3)nc21. The first-order chi connectivity index (χ1) is 14.8. The predicted molar refractivity (Wildman–Crippen MR) is 119 cm³/mol. The zero-order valence-electron chi connectivity index (χ0n) is 17.5. The molecule has 9 heteroatoms. The third kappa shape index (κ3) is 4.45. The number of amides is 1. The molecule has 31 heavy (non-hydrogen) atoms. The summed E-state index contributed by atoms with van der Waals surface area (Å²) >= 11 is 0. The van der Waals surface area contributed by atoms with Crippen LogP contribution >= 0.6 is 0 Å². The lowest BCUT2D eigenvalue weighted by atomic mass is 10.1. The second kappa shape index (κ2) is 8.02. The maximum Gasteiger partial charge on any atom is 0.263 e. The van der Waals surface area contributed by atoms with Crippen LogP contribution < -0.4 is 16.2 Å². The Kier molecular flexibility index (Phi) is 5.24. The van der Waals surface area contributed by atoms with Crippen LogP contribution in [-0.4, -0.2) is 30.6 Å². The maximum atomic E-state index is 12.4. The lowest BCUT2D eigenvalue weighted by Crippen LogP contribution is -2.24. The first-order valence-corrected chi connectivity index (χ1v) is 9.84. The summed E-state index contributed by atoms with van der Waals surface area (Å²) in [5.41, 5.74) is 2.14. The van der Waals surface area contributed by atoms with E-state index in [-0.39, 0.29) is 17.0 Å². The minimum atomic E-state index is -0.296. The molecule has 0 bridgehead atoms. The van der Waals surface area contributed by atoms with Crippen molar-refractivity contribution in [2.45, 2.75) is 32.9 Å². The molecule has 0 unspecified atom stereocenters. The summed E-state index contributed by atoms with van der Waals surface area (Å²) in [4.78, 5) is 35.8. The van der Waals surface area contributed by atoms with E-state index in [1.807, 2.05) is 45.0 Å². The summed E-state index contributed by atoms with van der Waals surface area (Å²) in [6.45, 7) is 6.47. The number of anilines is 2. The summed E-state index contributed by atoms with van der Waals surface area (Å²) < 4.78 is 1.74. The standard InChI is InChI=1S/C22H23N7O2/c1-22(2,3)29-18-17(13-25-29)20(31)28-21(27-18)24-11-14-6-8-16(9-7-14)26-19(30)15-5-4-10-23-12-15/h4-10,12-13H,11H2,1-3H3,(H,26,30)(H2,24,27,28,31). The normalized spacial score (nSPS) is 11.5. The first kappa shape index (κ1) is 20.3. The molecule has 3 heterocycles. The van der Waals surface area contributed by atoms with E-state index in [4.69, 9.17) is 0 Å². The Balaban J connectivity index is 1.45. The third-order valence-electron chi connectivity index (χ3n) is 4.67. The van der Waals surface area contributed by atoms with Crippen LogP contribution in [0.25, 0.3) is 11.0 Å². The zero-order chi connectivity index (χ0) is 22.0. The van der Waals surface area contributed by atoms with Gasteiger partial charge >= 0.3 is 0 Å². The number of aromatic amines is 1. The summed E-state index contributed by atoms with van der Waals surface area (Å²) in [7, 11) is 0. The lowest BCUT2D eigenvalue weighted by Gasteiger charge is -2.19. The molecule has 4 rings (SSSR count). The van der Waals surface area contributed by atoms with E-state index < -0.39 is 0 Å². The summed E-state index contributed by atoms with van der Waals surface area (Å²) in [5, 5.41) is 10.7. The molecule has 0 radical (unpaired) electrons. The van der Waals surface area contributed by atoms with Crippen molar-refractivity contribution in [1.82, 2.24) is 24.7 Å². The van der Waals surface area contributed by atoms with Crippen LogP contribution in [0.4, 0.5) is 11.6 Å². The molecular formula is C22H23N7O2. The number of nitrogens with one attached hydrogen (secondary N) is 3. The molecule has 0 aliphatic heterocycles. The Morgan fingerprint density at radius 3 is 2.58 bits per heavy atom. The molecule has 0 saturated carbocycles. The first-order valence-electron chi connectivity index (χ1n) is 9.84. The Hall–Kier alpha value is -4.01. The molecule has 0 fully saturated rings. The highest BCUT2D eigenvalue weighted by Crippen LogP contribution is 2.19. The molecule has 158 valence electrons. The molecule has 0 saturated heterocycles. The highest BCUT2D eigenvalue weighted by Gasteiger charge is 2.19. The van der Waals surface area contributed by atoms with Crippen molar-refractivity contribution < 1.29 is 4.79 Å². The van der Waals surface area contributed by atoms with E-state index in [9.17, 15) is 9.59 Å². The largest absolute Gasteiger partial charge is 0.352 e. The molecule has 0 aliphatic rings. The topological polar surface area (TPSA) is 118 Å². The van der Waals surface area contributed by atoms with Gasteiger partial charge in [-0.3, -0.25) is 19.6 Å². The predicted octanol–water partition coefficient (Wildman–Crippen LogP) is 3.13. The van der Waals surface area contributed by atoms with Crippen LogP contribution in [0.15, 0.2) is 59.8 Å². The number of nitrogens with zero attached hydrogens (tertiary/aromatic N) is 4. The molecule has 0 spiro atoms. The Bertz CT molecular complexity index is 1270. The van der Waals surface area contributed by atoms with Gasteiger partial charge in [-0.25, -0.2) is 4.68 Å². The Morgan fingerprint density at radius 2 is 1.90 bits per heavy atom. The van der Waals surface area contributed by atoms with Gasteiger partial charge in [-0.2, -0.15) is 10.1 Å². The van der Waals surface area contributed by atoms with Crippen LogP contribution in [0, 0.1) is 0 Å². The van der Waals surface area contributed by atoms with Gasteiger partial charge < -0.3 is 10.6 Å². The Labute approximate surface area is 178 Å². The number of fused-ring (bicyclic) bond motifs is 1. The van der Waals surface area contributed by atoms with Gasteiger partial charge in [0.1, 0.15) is 5.39 Å². The van der Waals surface area contributed by atoms with E-state index in [0.29, 0.717) is 34.8 Å². The zero-order valence-corrected chi connectivity index (χ0v) is 17.5. The molecular weight excluding hydrogens is 394 g/mol. The number of carbonyl (C=O) groups excluding carboxylic acids is 1. The van der Waals surface area contributed by atoms with Gasteiger partial charge in [0.15, 0.2) is 5.65 Å². The van der Waals surface area contributed by atoms with Gasteiger partial charge in [0.05, 0.1) is 17.3 Å². The highest BCUT2D eigenvalue weighted by molar-refractivity contribution is 6.04. The highest BCUT2D eigenvalue weighted by atomic mass is 16.1. The molecule has 4 aromatic rings. The third-order valence-corrected chi connectivity index (χ3v) is 4.67. The molecule has 1 amide bonds. The average Bonchev–Trinajstić information content (AvgIpc) is 3.19. The van der Waals surface area contributed by atoms with Crippen molar-refractivity contribution in [2.75, 3.05) is 10.6 Å². The van der Waals surface area contributed by atoms with Crippen molar-refractivity contribution in [1.29, 1.82) is 0 Å². The van der Waals surface area contributed by atoms with Gasteiger partial charge in [0.25, 0.3) is 11.5 Å². The summed E-state index contributed by atoms with van der Waals surface area (Å²) in [6, 6.07) is 10.8. The van der Waals surface area contributed by atoms with E-state index in [2.05, 4.69) is 30.7 Å². The maximum absolute atomic E-state index is 12.4. The van der Waals surface area contributed by atoms with Gasteiger partial charge in [-0.15, -0.1) is 0 Å². The smallest absolute Gasteiger partial charge is 0.263 e. The van der Waals surface area contributed by atoms with Gasteiger partial charge in [-0.05, 0) is 50.6 Å². The number of pyridine rings is 1. The van der Waals surface area contributed by atoms with Crippen LogP contribution in [0.3, 0.4) is 0 Å². The molecule has 1 aromatic carbocycles. The summed E-state index contributed by atoms with van der Waals surface area (Å²) in [6.07, 6.45) is 4.67. The van der Waals surface area contributed by atoms with E-state index in [0.717, 1.165) is 5.56 Å². The number of H-pyrrole nitrogens is 1. The van der Waals surface area contributed by atoms with E-state index in [1.165, 1.54) is 12.4 Å². The second-order valence-electron chi connectivity index (χ2n) is 8.13. The second-order valence-corrected chi connectivity index (χ2v) is 8.13. The lowest BCUT2D eigenvalue weighted by molar-refractivity contribution is 0.102. The Morgan fingerprint density at radius 1 is 1.13 bits per heavy atom. The number of aromatic nitrogens is 5. The minimum absolute atomic E-state index is 0.218. The van der Waals surface area contributed by atoms with Crippen LogP contribution in [-0.2, 0) is 12.1 Å². The number of hydrogen-bond acceptors (Lipinski definition) is 6. The number of carbonyl (C=O) groups is 1. The molecule has 3 aromatic heterocycles. The van der Waals surface area contributed by atoms with Gasteiger partial charge in [0, 0.05) is 24.6 Å². The van der Waals surface area contributed by atoms with Crippen molar-refractivity contribution in [3.05, 3.63) is 76.5 Å². The molecule has 0 atom stereocenters. The van der Waals surface area contributed by atoms with Crippen molar-refractivity contribution in [3.63, 3.8) is 0 Å². The summed E-state index contributed by atoms with van der Waals surface area (Å²) in [5.74, 6) is 0.155. The average molecular weight is 417 g/mol. The molecule has 0 aliphatic carbocycles. The number of rotatable bonds is 5. The fourth-order valence-corrected chi connectivity index (χ4v) is 3.09. The quantitative estimate of drug-likeness (QED) is 0.459. The molecule has 9 nitrogen and oxygen atoms in total. The van der Waals surface area contributed by atoms with E-state index >= 15 is 0 Å². The van der Waals surface area contributed by atoms with Crippen molar-refractivity contribution >= 4 is 28.6 Å². The van der Waals surface area contributed by atoms with Crippen molar-refractivity contribution in [2.24, 2.45) is 0 Å². The monoisotopic (exact) mass is 417 g/mol. The van der Waals surface area contributed by atoms with Crippen LogP contribution in [0.2, 0.25) is 0 Å². The molecule has 3 N–H and O–H groups in total. The number of hydrogen-bond donors (Lipinski definition) is 3. The van der Waals surface area contributed by atoms with Crippen LogP contribution in [0.5, 0.6) is 0 Å². The fourth-order valence-electron chi connectivity index (χ4n) is 3.09. The minimum Gasteiger partial charge on any atom is -0.352 e. The van der Waals surface area contributed by atoms with E-state index in [1.54, 1.807) is 23.0 Å². The van der Waals surface area contributed by atoms with Crippen LogP contribution in [0.1, 0.15) is 36.7 Å². The van der Waals surface area contributed by atoms with Crippen molar-refractivity contribution in [3.8, 4) is 0 Å². The fraction of sp³-hybridized carbons (Fsp3) is 0.227. The van der Waals surface area contributed by atoms with Gasteiger partial charge in [-0.1, -0.05) is 12.1 Å². The number of benzene rings is 1.